The minimum atomic E-state index is -0.344. The number of carbonyl (C=O) groups is 1. The number of furan rings is 1. The summed E-state index contributed by atoms with van der Waals surface area (Å²) in [6.07, 6.45) is 4.33. The number of fused-ring (bicyclic) bond motifs is 4. The number of thiazole rings is 1. The van der Waals surface area contributed by atoms with Gasteiger partial charge in [0, 0.05) is 30.4 Å². The summed E-state index contributed by atoms with van der Waals surface area (Å²) < 4.78 is 26.7. The first kappa shape index (κ1) is 20.6. The fraction of sp³-hybridized carbons (Fsp3) is 0.360. The quantitative estimate of drug-likeness (QED) is 0.415. The van der Waals surface area contributed by atoms with Gasteiger partial charge in [0.2, 0.25) is 5.91 Å². The molecule has 1 N–H and O–H groups in total. The predicted molar refractivity (Wildman–Crippen MR) is 125 cm³/mol. The number of ether oxygens (including phenoxy) is 1. The van der Waals surface area contributed by atoms with Crippen molar-refractivity contribution in [1.82, 2.24) is 15.2 Å². The van der Waals surface area contributed by atoms with Crippen molar-refractivity contribution in [3.8, 4) is 10.9 Å². The van der Waals surface area contributed by atoms with E-state index in [-0.39, 0.29) is 17.8 Å². The molecule has 2 unspecified atom stereocenters. The molecule has 33 heavy (non-hydrogen) atoms. The van der Waals surface area contributed by atoms with Gasteiger partial charge >= 0.3 is 0 Å². The first-order valence-corrected chi connectivity index (χ1v) is 12.1. The van der Waals surface area contributed by atoms with Crippen LogP contribution in [0.15, 0.2) is 46.9 Å². The summed E-state index contributed by atoms with van der Waals surface area (Å²) in [4.78, 5) is 18.3. The molecule has 4 aromatic rings. The molecule has 2 aliphatic heterocycles. The maximum atomic E-state index is 13.9. The summed E-state index contributed by atoms with van der Waals surface area (Å²) in [7, 11) is 0. The van der Waals surface area contributed by atoms with Gasteiger partial charge in [-0.2, -0.15) is 4.98 Å². The zero-order valence-electron chi connectivity index (χ0n) is 18.2. The van der Waals surface area contributed by atoms with Gasteiger partial charge in [-0.15, -0.1) is 0 Å². The predicted octanol–water partition coefficient (Wildman–Crippen LogP) is 5.61. The van der Waals surface area contributed by atoms with Crippen LogP contribution >= 0.6 is 11.3 Å². The van der Waals surface area contributed by atoms with Crippen LogP contribution in [-0.4, -0.2) is 33.9 Å². The lowest BCUT2D eigenvalue weighted by Gasteiger charge is -2.38. The molecule has 8 heteroatoms. The van der Waals surface area contributed by atoms with Gasteiger partial charge in [0.1, 0.15) is 28.4 Å². The van der Waals surface area contributed by atoms with E-state index >= 15 is 0 Å². The van der Waals surface area contributed by atoms with E-state index in [0.29, 0.717) is 28.5 Å². The smallest absolute Gasteiger partial charge is 0.279 e. The second kappa shape index (κ2) is 8.11. The van der Waals surface area contributed by atoms with Crippen molar-refractivity contribution < 1.29 is 18.3 Å². The fourth-order valence-corrected chi connectivity index (χ4v) is 6.22. The van der Waals surface area contributed by atoms with E-state index in [1.807, 2.05) is 24.3 Å². The topological polar surface area (TPSA) is 67.6 Å². The van der Waals surface area contributed by atoms with Crippen molar-refractivity contribution in [2.24, 2.45) is 0 Å². The van der Waals surface area contributed by atoms with Crippen molar-refractivity contribution >= 4 is 38.4 Å². The zero-order chi connectivity index (χ0) is 22.5. The maximum Gasteiger partial charge on any atom is 0.279 e. The van der Waals surface area contributed by atoms with Crippen LogP contribution in [0.25, 0.3) is 21.2 Å². The van der Waals surface area contributed by atoms with Crippen LogP contribution in [0.2, 0.25) is 0 Å². The average molecular weight is 466 g/mol. The minimum absolute atomic E-state index is 0.0548. The van der Waals surface area contributed by atoms with Crippen LogP contribution in [0.4, 0.5) is 4.39 Å². The van der Waals surface area contributed by atoms with E-state index in [9.17, 15) is 9.18 Å². The summed E-state index contributed by atoms with van der Waals surface area (Å²) in [6.45, 7) is 2.36. The van der Waals surface area contributed by atoms with E-state index in [1.165, 1.54) is 30.2 Å². The molecule has 2 aliphatic rings. The van der Waals surface area contributed by atoms with Gasteiger partial charge in [0.15, 0.2) is 0 Å². The van der Waals surface area contributed by atoms with E-state index in [2.05, 4.69) is 21.3 Å². The molecule has 2 bridgehead atoms. The summed E-state index contributed by atoms with van der Waals surface area (Å²) in [5, 5.41) is 4.48. The molecule has 1 amide bonds. The third-order valence-electron chi connectivity index (χ3n) is 6.72. The number of benzene rings is 2. The van der Waals surface area contributed by atoms with Gasteiger partial charge in [-0.3, -0.25) is 9.69 Å². The molecule has 0 radical (unpaired) electrons. The Kier molecular flexibility index (Phi) is 5.07. The monoisotopic (exact) mass is 465 g/mol. The molecule has 170 valence electrons. The Bertz CT molecular complexity index is 1340. The van der Waals surface area contributed by atoms with Crippen molar-refractivity contribution in [1.29, 1.82) is 0 Å². The van der Waals surface area contributed by atoms with Crippen LogP contribution in [0.3, 0.4) is 0 Å². The highest BCUT2D eigenvalue weighted by atomic mass is 32.1. The number of para-hydroxylation sites is 1. The zero-order valence-corrected chi connectivity index (χ0v) is 19.0. The van der Waals surface area contributed by atoms with Crippen molar-refractivity contribution in [3.05, 3.63) is 54.0 Å². The Hall–Kier alpha value is -2.97. The van der Waals surface area contributed by atoms with Crippen LogP contribution in [-0.2, 0) is 11.3 Å². The molecule has 6 rings (SSSR count). The van der Waals surface area contributed by atoms with Gasteiger partial charge in [-0.25, -0.2) is 4.39 Å². The molecule has 0 saturated carbocycles. The largest absolute Gasteiger partial charge is 0.460 e. The highest BCUT2D eigenvalue weighted by Gasteiger charge is 2.41. The lowest BCUT2D eigenvalue weighted by molar-refractivity contribution is -0.120. The number of carbonyl (C=O) groups excluding carboxylic acids is 1. The standard InChI is InChI=1S/C25H24FN3O3S/c1-14(30)27-16-11-17-5-6-18(12-16)29(17)13-20-10-15-9-19(7-8-22(15)31-20)32-25-28-24-21(26)3-2-4-23(24)33-25/h2-4,7-10,16-18H,5-6,11-13H2,1H3,(H,27,30). The lowest BCUT2D eigenvalue weighted by Crippen LogP contribution is -2.49. The number of halogens is 1. The number of aromatic nitrogens is 1. The summed E-state index contributed by atoms with van der Waals surface area (Å²) in [6, 6.07) is 13.9. The van der Waals surface area contributed by atoms with Crippen LogP contribution in [0.5, 0.6) is 10.9 Å². The molecule has 4 heterocycles. The van der Waals surface area contributed by atoms with Crippen LogP contribution in [0.1, 0.15) is 38.4 Å². The number of piperidine rings is 1. The van der Waals surface area contributed by atoms with Crippen molar-refractivity contribution in [2.75, 3.05) is 0 Å². The second-order valence-corrected chi connectivity index (χ2v) is 10.0. The number of amides is 1. The number of rotatable bonds is 5. The summed E-state index contributed by atoms with van der Waals surface area (Å²) in [5.41, 5.74) is 1.15. The van der Waals surface area contributed by atoms with E-state index in [0.717, 1.165) is 40.8 Å². The normalized spacial score (nSPS) is 22.8. The van der Waals surface area contributed by atoms with Gasteiger partial charge in [-0.05, 0) is 62.1 Å². The Balaban J connectivity index is 1.18. The minimum Gasteiger partial charge on any atom is -0.460 e. The Labute approximate surface area is 194 Å². The third kappa shape index (κ3) is 3.98. The van der Waals surface area contributed by atoms with Crippen LogP contribution in [0, 0.1) is 5.82 Å². The highest BCUT2D eigenvalue weighted by Crippen LogP contribution is 2.38. The summed E-state index contributed by atoms with van der Waals surface area (Å²) >= 11 is 1.32. The second-order valence-electron chi connectivity index (χ2n) is 9.01. The molecule has 2 aromatic carbocycles. The molecule has 2 aromatic heterocycles. The van der Waals surface area contributed by atoms with E-state index in [4.69, 9.17) is 9.15 Å². The molecular formula is C25H24FN3O3S. The summed E-state index contributed by atoms with van der Waals surface area (Å²) in [5.74, 6) is 1.28. The molecule has 2 saturated heterocycles. The molecule has 0 aliphatic carbocycles. The van der Waals surface area contributed by atoms with Crippen LogP contribution < -0.4 is 10.1 Å². The van der Waals surface area contributed by atoms with Gasteiger partial charge in [-0.1, -0.05) is 17.4 Å². The van der Waals surface area contributed by atoms with E-state index < -0.39 is 0 Å². The number of hydrogen-bond donors (Lipinski definition) is 1. The fourth-order valence-electron chi connectivity index (χ4n) is 5.37. The molecule has 0 spiro atoms. The first-order valence-electron chi connectivity index (χ1n) is 11.3. The number of hydrogen-bond acceptors (Lipinski definition) is 6. The molecular weight excluding hydrogens is 441 g/mol. The average Bonchev–Trinajstić information content (AvgIpc) is 3.42. The Morgan fingerprint density at radius 1 is 1.24 bits per heavy atom. The first-order chi connectivity index (χ1) is 16.0. The lowest BCUT2D eigenvalue weighted by atomic mass is 9.97. The van der Waals surface area contributed by atoms with Crippen molar-refractivity contribution in [2.45, 2.75) is 57.3 Å². The molecule has 2 fully saturated rings. The Morgan fingerprint density at radius 2 is 2.06 bits per heavy atom. The number of nitrogens with one attached hydrogen (secondary N) is 1. The SMILES string of the molecule is CC(=O)NC1CC2CCC(C1)N2Cc1cc2cc(Oc3nc4c(F)cccc4s3)ccc2o1. The number of nitrogens with zero attached hydrogens (tertiary/aromatic N) is 2. The Morgan fingerprint density at radius 3 is 2.82 bits per heavy atom. The third-order valence-corrected chi connectivity index (χ3v) is 7.62. The van der Waals surface area contributed by atoms with Gasteiger partial charge in [0.25, 0.3) is 5.19 Å². The highest BCUT2D eigenvalue weighted by molar-refractivity contribution is 7.20. The van der Waals surface area contributed by atoms with E-state index in [1.54, 1.807) is 13.0 Å². The molecule has 6 nitrogen and oxygen atoms in total. The van der Waals surface area contributed by atoms with Crippen molar-refractivity contribution in [3.63, 3.8) is 0 Å². The van der Waals surface area contributed by atoms with Gasteiger partial charge in [0.05, 0.1) is 11.2 Å². The van der Waals surface area contributed by atoms with Gasteiger partial charge < -0.3 is 14.5 Å². The molecule has 2 atom stereocenters. The maximum absolute atomic E-state index is 13.9.